The van der Waals surface area contributed by atoms with Gasteiger partial charge in [0, 0.05) is 62.3 Å². The Morgan fingerprint density at radius 2 is 1.69 bits per heavy atom. The molecule has 2 aliphatic rings. The first-order chi connectivity index (χ1) is 14.5. The third-order valence-corrected chi connectivity index (χ3v) is 7.47. The minimum Gasteiger partial charge on any atom is -0.483 e. The second kappa shape index (κ2) is 8.50. The number of hydrogen-bond acceptors (Lipinski definition) is 3. The normalized spacial score (nSPS) is 17.5. The number of anilines is 1. The second-order valence-electron chi connectivity index (χ2n) is 9.73. The minimum atomic E-state index is -0.376. The van der Waals surface area contributed by atoms with Crippen molar-refractivity contribution in [3.8, 4) is 5.75 Å². The molecule has 0 spiro atoms. The summed E-state index contributed by atoms with van der Waals surface area (Å²) in [5.41, 5.74) is 9.47. The molecule has 3 nitrogen and oxygen atoms in total. The molecule has 2 heterocycles. The number of benzene rings is 2. The van der Waals surface area contributed by atoms with Crippen molar-refractivity contribution in [1.29, 1.82) is 0 Å². The van der Waals surface area contributed by atoms with Crippen molar-refractivity contribution in [3.05, 3.63) is 88.8 Å². The Kier molecular flexibility index (Phi) is 6.59. The van der Waals surface area contributed by atoms with Crippen LogP contribution in [0.5, 0.6) is 5.75 Å². The second-order valence-corrected chi connectivity index (χ2v) is 9.73. The topological polar surface area (TPSA) is 24.5 Å². The summed E-state index contributed by atoms with van der Waals surface area (Å²) in [5, 5.41) is 3.51. The molecule has 2 aliphatic heterocycles. The van der Waals surface area contributed by atoms with E-state index < -0.39 is 0 Å². The van der Waals surface area contributed by atoms with E-state index in [-0.39, 0.29) is 43.8 Å². The molecular formula is C28H33N2OY-. The van der Waals surface area contributed by atoms with E-state index in [2.05, 4.69) is 96.2 Å². The van der Waals surface area contributed by atoms with Gasteiger partial charge in [-0.15, -0.1) is 5.56 Å². The van der Waals surface area contributed by atoms with Gasteiger partial charge in [0.1, 0.15) is 11.4 Å². The van der Waals surface area contributed by atoms with E-state index in [4.69, 9.17) is 4.74 Å². The maximum absolute atomic E-state index is 6.64. The molecule has 0 aromatic heterocycles. The Hall–Kier alpha value is -1.84. The number of allylic oxidation sites excluding steroid dienone is 1. The van der Waals surface area contributed by atoms with E-state index in [1.54, 1.807) is 0 Å². The van der Waals surface area contributed by atoms with Crippen LogP contribution in [0.4, 0.5) is 5.69 Å². The van der Waals surface area contributed by atoms with Crippen molar-refractivity contribution in [3.63, 3.8) is 0 Å². The summed E-state index contributed by atoms with van der Waals surface area (Å²) in [7, 11) is 0. The average Bonchev–Trinajstić information content (AvgIpc) is 2.72. The molecule has 4 heteroatoms. The SMILES string of the molecule is C=C(NCc1cc[c-]cc1)C1=CN2c3c(c(C)c(C)c(C)c3C1=C)OC(C)(C)C2(C)C.[Y]. The molecule has 0 saturated carbocycles. The van der Waals surface area contributed by atoms with Crippen LogP contribution in [-0.2, 0) is 39.3 Å². The zero-order valence-corrected chi connectivity index (χ0v) is 23.3. The fourth-order valence-electron chi connectivity index (χ4n) is 4.45. The predicted molar refractivity (Wildman–Crippen MR) is 130 cm³/mol. The Balaban J connectivity index is 0.00000289. The predicted octanol–water partition coefficient (Wildman–Crippen LogP) is 6.38. The van der Waals surface area contributed by atoms with Gasteiger partial charge < -0.3 is 15.0 Å². The summed E-state index contributed by atoms with van der Waals surface area (Å²) in [6.45, 7) is 24.9. The van der Waals surface area contributed by atoms with E-state index in [0.717, 1.165) is 33.8 Å². The van der Waals surface area contributed by atoms with Gasteiger partial charge in [-0.25, -0.2) is 0 Å². The van der Waals surface area contributed by atoms with E-state index in [1.807, 2.05) is 12.1 Å². The van der Waals surface area contributed by atoms with Gasteiger partial charge in [0.15, 0.2) is 0 Å². The summed E-state index contributed by atoms with van der Waals surface area (Å²) < 4.78 is 6.64. The molecule has 0 amide bonds. The monoisotopic (exact) mass is 502 g/mol. The molecule has 0 atom stereocenters. The summed E-state index contributed by atoms with van der Waals surface area (Å²) in [6.07, 6.45) is 2.21. The Morgan fingerprint density at radius 1 is 1.06 bits per heavy atom. The van der Waals surface area contributed by atoms with Crippen molar-refractivity contribution in [1.82, 2.24) is 5.32 Å². The zero-order chi connectivity index (χ0) is 22.7. The van der Waals surface area contributed by atoms with Crippen LogP contribution in [0.15, 0.2) is 54.9 Å². The van der Waals surface area contributed by atoms with Crippen molar-refractivity contribution < 1.29 is 37.4 Å². The summed E-state index contributed by atoms with van der Waals surface area (Å²) in [4.78, 5) is 2.38. The van der Waals surface area contributed by atoms with Gasteiger partial charge in [0.05, 0.1) is 11.2 Å². The molecule has 0 bridgehead atoms. The first-order valence-corrected chi connectivity index (χ1v) is 10.9. The Bertz CT molecular complexity index is 1130. The van der Waals surface area contributed by atoms with E-state index in [9.17, 15) is 0 Å². The van der Waals surface area contributed by atoms with Gasteiger partial charge >= 0.3 is 0 Å². The first-order valence-electron chi connectivity index (χ1n) is 10.9. The minimum absolute atomic E-state index is 0. The van der Waals surface area contributed by atoms with Crippen LogP contribution in [0.25, 0.3) is 5.57 Å². The molecule has 2 aromatic carbocycles. The third kappa shape index (κ3) is 3.68. The van der Waals surface area contributed by atoms with E-state index in [0.29, 0.717) is 6.54 Å². The first kappa shape index (κ1) is 24.8. The quantitative estimate of drug-likeness (QED) is 0.491. The van der Waals surface area contributed by atoms with Crippen LogP contribution in [0.3, 0.4) is 0 Å². The molecule has 0 saturated heterocycles. The molecule has 4 rings (SSSR count). The van der Waals surface area contributed by atoms with Gasteiger partial charge in [-0.2, -0.15) is 30.3 Å². The van der Waals surface area contributed by atoms with Crippen LogP contribution in [0, 0.1) is 26.8 Å². The number of hydrogen-bond donors (Lipinski definition) is 1. The number of ether oxygens (including phenoxy) is 1. The number of nitrogens with one attached hydrogen (secondary N) is 1. The number of nitrogens with zero attached hydrogens (tertiary/aromatic N) is 1. The van der Waals surface area contributed by atoms with Gasteiger partial charge in [0.25, 0.3) is 0 Å². The molecule has 1 N–H and O–H groups in total. The van der Waals surface area contributed by atoms with Gasteiger partial charge in [-0.1, -0.05) is 13.2 Å². The molecule has 165 valence electrons. The van der Waals surface area contributed by atoms with Gasteiger partial charge in [0.2, 0.25) is 0 Å². The largest absolute Gasteiger partial charge is 0.483 e. The third-order valence-electron chi connectivity index (χ3n) is 7.47. The van der Waals surface area contributed by atoms with Crippen LogP contribution in [0.1, 0.15) is 55.5 Å². The van der Waals surface area contributed by atoms with Crippen molar-refractivity contribution >= 4 is 11.3 Å². The molecule has 2 aromatic rings. The molecular weight excluding hydrogens is 469 g/mol. The van der Waals surface area contributed by atoms with Crippen molar-refractivity contribution in [2.45, 2.75) is 66.2 Å². The Labute approximate surface area is 218 Å². The molecule has 0 fully saturated rings. The maximum atomic E-state index is 6.64. The summed E-state index contributed by atoms with van der Waals surface area (Å²) in [5.74, 6) is 0.970. The zero-order valence-electron chi connectivity index (χ0n) is 20.4. The fraction of sp³-hybridized carbons (Fsp3) is 0.357. The molecule has 32 heavy (non-hydrogen) atoms. The van der Waals surface area contributed by atoms with Crippen LogP contribution < -0.4 is 15.0 Å². The number of rotatable bonds is 4. The average molecular weight is 502 g/mol. The molecule has 1 radical (unpaired) electrons. The van der Waals surface area contributed by atoms with Crippen LogP contribution in [-0.4, -0.2) is 11.1 Å². The van der Waals surface area contributed by atoms with Gasteiger partial charge in [-0.05, 0) is 70.7 Å². The van der Waals surface area contributed by atoms with E-state index >= 15 is 0 Å². The van der Waals surface area contributed by atoms with Crippen molar-refractivity contribution in [2.24, 2.45) is 0 Å². The van der Waals surface area contributed by atoms with Crippen LogP contribution in [0.2, 0.25) is 0 Å². The van der Waals surface area contributed by atoms with E-state index in [1.165, 1.54) is 22.3 Å². The van der Waals surface area contributed by atoms with Crippen molar-refractivity contribution in [2.75, 3.05) is 4.90 Å². The fourth-order valence-corrected chi connectivity index (χ4v) is 4.45. The van der Waals surface area contributed by atoms with Crippen LogP contribution >= 0.6 is 0 Å². The standard InChI is InChI=1S/C28H33N2O.Y/c1-17-18(2)24-20(4)23(21(5)29-15-22-13-11-10-12-14-22)16-30-25(24)26(19(17)3)31-28(8,9)27(30,6)7;/h11-14,16,29H,4-5,15H2,1-3,6-9H3;/q-1;. The smallest absolute Gasteiger partial charge is 0.147 e. The maximum Gasteiger partial charge on any atom is 0.147 e. The van der Waals surface area contributed by atoms with Gasteiger partial charge in [-0.3, -0.25) is 0 Å². The summed E-state index contributed by atoms with van der Waals surface area (Å²) >= 11 is 0. The molecule has 0 unspecified atom stereocenters. The summed E-state index contributed by atoms with van der Waals surface area (Å²) in [6, 6.07) is 11.1. The Morgan fingerprint density at radius 3 is 2.31 bits per heavy atom. The molecule has 0 aliphatic carbocycles.